The monoisotopic (exact) mass is 389 g/mol. The molecule has 1 aliphatic heterocycles. The van der Waals surface area contributed by atoms with E-state index in [2.05, 4.69) is 6.07 Å². The molecule has 0 saturated carbocycles. The van der Waals surface area contributed by atoms with E-state index >= 15 is 0 Å². The third-order valence-corrected chi connectivity index (χ3v) is 4.64. The van der Waals surface area contributed by atoms with Crippen LogP contribution < -0.4 is 4.74 Å². The number of nitro groups is 1. The zero-order valence-electron chi connectivity index (χ0n) is 16.7. The molecule has 3 aromatic rings. The number of aryl methyl sites for hydroxylation is 1. The summed E-state index contributed by atoms with van der Waals surface area (Å²) in [6.45, 7) is 6.39. The van der Waals surface area contributed by atoms with Gasteiger partial charge in [0.15, 0.2) is 0 Å². The fourth-order valence-corrected chi connectivity index (χ4v) is 3.36. The van der Waals surface area contributed by atoms with Crippen LogP contribution in [0.4, 0.5) is 5.69 Å². The predicted molar refractivity (Wildman–Crippen MR) is 115 cm³/mol. The number of nitrogens with zero attached hydrogens (tertiary/aromatic N) is 1. The molecule has 0 aromatic heterocycles. The largest absolute Gasteiger partial charge is 0.508 e. The zero-order valence-corrected chi connectivity index (χ0v) is 16.7. The van der Waals surface area contributed by atoms with Crippen molar-refractivity contribution >= 4 is 16.8 Å². The molecule has 29 heavy (non-hydrogen) atoms. The first-order valence-corrected chi connectivity index (χ1v) is 9.54. The van der Waals surface area contributed by atoms with Crippen molar-refractivity contribution in [3.63, 3.8) is 0 Å². The standard InChI is InChI=1S/C22H17NO4.C2H6/c1-14-3-2-4-16(11-14)20-13-27-21-12-18(24)9-10-19(21)22(20)15-5-7-17(8-6-15)23(25)26;1-2/h2-12,24H,13H2,1H3;1-2H3. The highest BCUT2D eigenvalue weighted by atomic mass is 16.6. The van der Waals surface area contributed by atoms with Gasteiger partial charge >= 0.3 is 0 Å². The van der Waals surface area contributed by atoms with Gasteiger partial charge in [-0.05, 0) is 47.9 Å². The van der Waals surface area contributed by atoms with Crippen LogP contribution in [0, 0.1) is 17.0 Å². The van der Waals surface area contributed by atoms with Crippen molar-refractivity contribution in [3.8, 4) is 11.5 Å². The Balaban J connectivity index is 0.00000117. The number of fused-ring (bicyclic) bond motifs is 1. The van der Waals surface area contributed by atoms with Crippen LogP contribution in [-0.4, -0.2) is 16.6 Å². The van der Waals surface area contributed by atoms with Gasteiger partial charge in [0.25, 0.3) is 5.69 Å². The molecule has 5 heteroatoms. The van der Waals surface area contributed by atoms with Crippen molar-refractivity contribution in [2.24, 2.45) is 0 Å². The van der Waals surface area contributed by atoms with E-state index in [0.717, 1.165) is 33.4 Å². The Kier molecular flexibility index (Phi) is 5.98. The molecule has 0 radical (unpaired) electrons. The number of hydrogen-bond donors (Lipinski definition) is 1. The maximum atomic E-state index is 11.0. The lowest BCUT2D eigenvalue weighted by Crippen LogP contribution is -2.11. The van der Waals surface area contributed by atoms with Gasteiger partial charge in [0, 0.05) is 29.3 Å². The van der Waals surface area contributed by atoms with Crippen LogP contribution in [0.2, 0.25) is 0 Å². The van der Waals surface area contributed by atoms with Crippen molar-refractivity contribution in [3.05, 3.63) is 99.1 Å². The Hall–Kier alpha value is -3.60. The average Bonchev–Trinajstić information content (AvgIpc) is 2.74. The van der Waals surface area contributed by atoms with Gasteiger partial charge in [-0.3, -0.25) is 10.1 Å². The van der Waals surface area contributed by atoms with E-state index in [1.54, 1.807) is 24.3 Å². The third kappa shape index (κ3) is 4.14. The second kappa shape index (κ2) is 8.61. The highest BCUT2D eigenvalue weighted by Crippen LogP contribution is 2.42. The molecule has 5 nitrogen and oxygen atoms in total. The summed E-state index contributed by atoms with van der Waals surface area (Å²) < 4.78 is 5.90. The Morgan fingerprint density at radius 2 is 1.69 bits per heavy atom. The first-order valence-electron chi connectivity index (χ1n) is 9.54. The molecule has 0 bridgehead atoms. The highest BCUT2D eigenvalue weighted by molar-refractivity contribution is 6.01. The summed E-state index contributed by atoms with van der Waals surface area (Å²) in [6.07, 6.45) is 0. The molecule has 0 atom stereocenters. The molecular weight excluding hydrogens is 366 g/mol. The van der Waals surface area contributed by atoms with E-state index < -0.39 is 4.92 Å². The van der Waals surface area contributed by atoms with Crippen LogP contribution in [0.1, 0.15) is 36.1 Å². The van der Waals surface area contributed by atoms with E-state index in [0.29, 0.717) is 12.4 Å². The molecule has 1 aliphatic rings. The lowest BCUT2D eigenvalue weighted by Gasteiger charge is -2.25. The number of ether oxygens (including phenoxy) is 1. The van der Waals surface area contributed by atoms with Gasteiger partial charge in [0.05, 0.1) is 4.92 Å². The molecule has 0 spiro atoms. The van der Waals surface area contributed by atoms with E-state index in [4.69, 9.17) is 4.74 Å². The fourth-order valence-electron chi connectivity index (χ4n) is 3.36. The van der Waals surface area contributed by atoms with Crippen molar-refractivity contribution in [1.82, 2.24) is 0 Å². The SMILES string of the molecule is CC.Cc1cccc(C2=C(c3ccc([N+](=O)[O-])cc3)c3ccc(O)cc3OC2)c1. The normalized spacial score (nSPS) is 12.4. The Morgan fingerprint density at radius 3 is 2.34 bits per heavy atom. The number of phenols is 1. The molecule has 0 amide bonds. The Bertz CT molecular complexity index is 1070. The van der Waals surface area contributed by atoms with E-state index in [9.17, 15) is 15.2 Å². The number of hydrogen-bond acceptors (Lipinski definition) is 4. The van der Waals surface area contributed by atoms with Crippen LogP contribution in [0.15, 0.2) is 66.7 Å². The van der Waals surface area contributed by atoms with Gasteiger partial charge < -0.3 is 9.84 Å². The number of non-ortho nitro benzene ring substituents is 1. The van der Waals surface area contributed by atoms with Crippen molar-refractivity contribution in [2.45, 2.75) is 20.8 Å². The molecule has 3 aromatic carbocycles. The molecule has 148 valence electrons. The summed E-state index contributed by atoms with van der Waals surface area (Å²) in [6, 6.07) is 19.7. The molecule has 0 saturated heterocycles. The summed E-state index contributed by atoms with van der Waals surface area (Å²) in [5, 5.41) is 20.8. The second-order valence-corrected chi connectivity index (χ2v) is 6.50. The van der Waals surface area contributed by atoms with E-state index in [-0.39, 0.29) is 11.4 Å². The molecule has 0 fully saturated rings. The first kappa shape index (κ1) is 20.1. The topological polar surface area (TPSA) is 72.6 Å². The zero-order chi connectivity index (χ0) is 21.0. The average molecular weight is 389 g/mol. The molecule has 1 heterocycles. The van der Waals surface area contributed by atoms with Gasteiger partial charge in [0.1, 0.15) is 18.1 Å². The van der Waals surface area contributed by atoms with Gasteiger partial charge in [-0.1, -0.05) is 43.7 Å². The summed E-state index contributed by atoms with van der Waals surface area (Å²) in [5.41, 5.74) is 5.91. The first-order chi connectivity index (χ1) is 14.0. The third-order valence-electron chi connectivity index (χ3n) is 4.64. The number of aromatic hydroxyl groups is 1. The summed E-state index contributed by atoms with van der Waals surface area (Å²) >= 11 is 0. The van der Waals surface area contributed by atoms with Crippen LogP contribution in [0.3, 0.4) is 0 Å². The van der Waals surface area contributed by atoms with Crippen LogP contribution in [0.25, 0.3) is 11.1 Å². The number of rotatable bonds is 3. The summed E-state index contributed by atoms with van der Waals surface area (Å²) in [4.78, 5) is 10.6. The minimum Gasteiger partial charge on any atom is -0.508 e. The van der Waals surface area contributed by atoms with Crippen LogP contribution in [-0.2, 0) is 0 Å². The minimum absolute atomic E-state index is 0.0504. The minimum atomic E-state index is -0.407. The van der Waals surface area contributed by atoms with Crippen LogP contribution in [0.5, 0.6) is 11.5 Å². The van der Waals surface area contributed by atoms with Crippen molar-refractivity contribution < 1.29 is 14.8 Å². The van der Waals surface area contributed by atoms with Gasteiger partial charge in [-0.15, -0.1) is 0 Å². The second-order valence-electron chi connectivity index (χ2n) is 6.50. The van der Waals surface area contributed by atoms with Gasteiger partial charge in [0.2, 0.25) is 0 Å². The predicted octanol–water partition coefficient (Wildman–Crippen LogP) is 5.99. The molecule has 0 aliphatic carbocycles. The molecular formula is C24H23NO4. The van der Waals surface area contributed by atoms with E-state index in [1.807, 2.05) is 45.0 Å². The Morgan fingerprint density at radius 1 is 0.966 bits per heavy atom. The van der Waals surface area contributed by atoms with E-state index in [1.165, 1.54) is 12.1 Å². The number of benzene rings is 3. The molecule has 1 N–H and O–H groups in total. The van der Waals surface area contributed by atoms with Crippen molar-refractivity contribution in [1.29, 1.82) is 0 Å². The summed E-state index contributed by atoms with van der Waals surface area (Å²) in [7, 11) is 0. The maximum Gasteiger partial charge on any atom is 0.269 e. The fraction of sp³-hybridized carbons (Fsp3) is 0.167. The number of nitro benzene ring substituents is 1. The highest BCUT2D eigenvalue weighted by Gasteiger charge is 2.23. The lowest BCUT2D eigenvalue weighted by atomic mass is 9.87. The lowest BCUT2D eigenvalue weighted by molar-refractivity contribution is -0.384. The molecule has 0 unspecified atom stereocenters. The quantitative estimate of drug-likeness (QED) is 0.441. The Labute approximate surface area is 170 Å². The van der Waals surface area contributed by atoms with Gasteiger partial charge in [-0.2, -0.15) is 0 Å². The smallest absolute Gasteiger partial charge is 0.269 e. The maximum absolute atomic E-state index is 11.0. The number of phenolic OH excluding ortho intramolecular Hbond substituents is 1. The molecule has 4 rings (SSSR count). The van der Waals surface area contributed by atoms with Crippen LogP contribution >= 0.6 is 0 Å². The van der Waals surface area contributed by atoms with Gasteiger partial charge in [-0.25, -0.2) is 0 Å². The van der Waals surface area contributed by atoms with Crippen molar-refractivity contribution in [2.75, 3.05) is 6.61 Å². The summed E-state index contributed by atoms with van der Waals surface area (Å²) in [5.74, 6) is 0.732.